The van der Waals surface area contributed by atoms with Gasteiger partial charge in [0, 0.05) is 17.6 Å². The zero-order valence-corrected chi connectivity index (χ0v) is 15.9. The number of amides is 1. The monoisotopic (exact) mass is 406 g/mol. The summed E-state index contributed by atoms with van der Waals surface area (Å²) < 4.78 is 32.9. The van der Waals surface area contributed by atoms with Crippen LogP contribution in [0.15, 0.2) is 33.6 Å². The highest BCUT2D eigenvalue weighted by Crippen LogP contribution is 2.14. The van der Waals surface area contributed by atoms with Crippen molar-refractivity contribution in [1.82, 2.24) is 10.0 Å². The van der Waals surface area contributed by atoms with Crippen molar-refractivity contribution in [2.75, 3.05) is 13.2 Å². The standard InChI is InChI=1S/C15H23BrN2O4S/c1-11(2)22-10-4-9-17-15(19)12(3)18-23(20,21)14-7-5-13(16)6-8-14/h5-8,11-12,18H,4,9-10H2,1-3H3,(H,17,19)/t12-/m1/s1. The van der Waals surface area contributed by atoms with Crippen molar-refractivity contribution < 1.29 is 17.9 Å². The Bertz CT molecular complexity index is 602. The van der Waals surface area contributed by atoms with E-state index < -0.39 is 16.1 Å². The van der Waals surface area contributed by atoms with Gasteiger partial charge in [-0.15, -0.1) is 0 Å². The van der Waals surface area contributed by atoms with Crippen molar-refractivity contribution in [3.05, 3.63) is 28.7 Å². The molecule has 0 aliphatic heterocycles. The number of nitrogens with one attached hydrogen (secondary N) is 2. The summed E-state index contributed by atoms with van der Waals surface area (Å²) in [5, 5.41) is 2.69. The van der Waals surface area contributed by atoms with Crippen molar-refractivity contribution in [1.29, 1.82) is 0 Å². The van der Waals surface area contributed by atoms with E-state index in [0.29, 0.717) is 19.6 Å². The number of hydrogen-bond donors (Lipinski definition) is 2. The maximum absolute atomic E-state index is 12.2. The van der Waals surface area contributed by atoms with Crippen LogP contribution in [-0.2, 0) is 19.6 Å². The van der Waals surface area contributed by atoms with Crippen molar-refractivity contribution in [3.63, 3.8) is 0 Å². The summed E-state index contributed by atoms with van der Waals surface area (Å²) in [6, 6.07) is 5.36. The Morgan fingerprint density at radius 1 is 1.22 bits per heavy atom. The van der Waals surface area contributed by atoms with E-state index in [1.807, 2.05) is 13.8 Å². The van der Waals surface area contributed by atoms with E-state index in [0.717, 1.165) is 4.47 Å². The molecule has 1 amide bonds. The molecule has 0 bridgehead atoms. The van der Waals surface area contributed by atoms with Gasteiger partial charge in [-0.3, -0.25) is 4.79 Å². The minimum Gasteiger partial charge on any atom is -0.379 e. The number of hydrogen-bond acceptors (Lipinski definition) is 4. The molecule has 0 unspecified atom stereocenters. The summed E-state index contributed by atoms with van der Waals surface area (Å²) >= 11 is 3.25. The van der Waals surface area contributed by atoms with E-state index in [2.05, 4.69) is 26.0 Å². The number of halogens is 1. The van der Waals surface area contributed by atoms with E-state index in [-0.39, 0.29) is 16.9 Å². The third-order valence-electron chi connectivity index (χ3n) is 2.92. The second kappa shape index (κ2) is 9.36. The quantitative estimate of drug-likeness (QED) is 0.614. The zero-order chi connectivity index (χ0) is 17.5. The van der Waals surface area contributed by atoms with Crippen molar-refractivity contribution >= 4 is 31.9 Å². The normalized spacial score (nSPS) is 13.1. The lowest BCUT2D eigenvalue weighted by atomic mass is 10.3. The molecule has 0 aliphatic rings. The van der Waals surface area contributed by atoms with Gasteiger partial charge in [-0.1, -0.05) is 15.9 Å². The molecule has 0 saturated heterocycles. The maximum Gasteiger partial charge on any atom is 0.241 e. The van der Waals surface area contributed by atoms with Crippen molar-refractivity contribution in [3.8, 4) is 0 Å². The van der Waals surface area contributed by atoms with E-state index in [4.69, 9.17) is 4.74 Å². The molecule has 0 saturated carbocycles. The van der Waals surface area contributed by atoms with E-state index >= 15 is 0 Å². The molecule has 1 rings (SSSR count). The number of sulfonamides is 1. The van der Waals surface area contributed by atoms with Gasteiger partial charge >= 0.3 is 0 Å². The van der Waals surface area contributed by atoms with Crippen molar-refractivity contribution in [2.24, 2.45) is 0 Å². The fourth-order valence-corrected chi connectivity index (χ4v) is 3.19. The molecule has 0 spiro atoms. The van der Waals surface area contributed by atoms with Crippen LogP contribution in [0.5, 0.6) is 0 Å². The molecule has 0 aromatic heterocycles. The summed E-state index contributed by atoms with van der Waals surface area (Å²) in [4.78, 5) is 12.0. The van der Waals surface area contributed by atoms with Gasteiger partial charge in [0.15, 0.2) is 0 Å². The van der Waals surface area contributed by atoms with Crippen LogP contribution in [0.4, 0.5) is 0 Å². The topological polar surface area (TPSA) is 84.5 Å². The lowest BCUT2D eigenvalue weighted by Crippen LogP contribution is -2.45. The molecule has 130 valence electrons. The van der Waals surface area contributed by atoms with Gasteiger partial charge in [0.1, 0.15) is 0 Å². The highest BCUT2D eigenvalue weighted by atomic mass is 79.9. The van der Waals surface area contributed by atoms with Crippen LogP contribution >= 0.6 is 15.9 Å². The van der Waals surface area contributed by atoms with E-state index in [1.165, 1.54) is 19.1 Å². The number of carbonyl (C=O) groups excluding carboxylic acids is 1. The molecule has 23 heavy (non-hydrogen) atoms. The highest BCUT2D eigenvalue weighted by Gasteiger charge is 2.21. The predicted octanol–water partition coefficient (Wildman–Crippen LogP) is 2.05. The molecule has 8 heteroatoms. The number of benzene rings is 1. The summed E-state index contributed by atoms with van der Waals surface area (Å²) in [6.45, 7) is 6.39. The van der Waals surface area contributed by atoms with E-state index in [1.54, 1.807) is 12.1 Å². The second-order valence-electron chi connectivity index (χ2n) is 5.36. The molecule has 0 heterocycles. The molecule has 6 nitrogen and oxygen atoms in total. The van der Waals surface area contributed by atoms with Gasteiger partial charge in [0.2, 0.25) is 15.9 Å². The van der Waals surface area contributed by atoms with Gasteiger partial charge in [0.25, 0.3) is 0 Å². The van der Waals surface area contributed by atoms with Gasteiger partial charge in [0.05, 0.1) is 17.0 Å². The summed E-state index contributed by atoms with van der Waals surface area (Å²) in [7, 11) is -3.72. The molecule has 0 radical (unpaired) electrons. The predicted molar refractivity (Wildman–Crippen MR) is 92.6 cm³/mol. The largest absolute Gasteiger partial charge is 0.379 e. The zero-order valence-electron chi connectivity index (χ0n) is 13.5. The minimum absolute atomic E-state index is 0.116. The van der Waals surface area contributed by atoms with Gasteiger partial charge in [-0.2, -0.15) is 4.72 Å². The molecule has 0 aliphatic carbocycles. The lowest BCUT2D eigenvalue weighted by molar-refractivity contribution is -0.122. The van der Waals surface area contributed by atoms with Gasteiger partial charge in [-0.05, 0) is 51.5 Å². The van der Waals surface area contributed by atoms with Crippen molar-refractivity contribution in [2.45, 2.75) is 44.2 Å². The minimum atomic E-state index is -3.72. The Balaban J connectivity index is 2.46. The Morgan fingerprint density at radius 3 is 2.39 bits per heavy atom. The maximum atomic E-state index is 12.2. The number of ether oxygens (including phenoxy) is 1. The first-order valence-corrected chi connectivity index (χ1v) is 9.67. The highest BCUT2D eigenvalue weighted by molar-refractivity contribution is 9.10. The first-order chi connectivity index (χ1) is 10.7. The van der Waals surface area contributed by atoms with Crippen LogP contribution in [-0.4, -0.2) is 39.6 Å². The molecule has 0 fully saturated rings. The average Bonchev–Trinajstić information content (AvgIpc) is 2.46. The van der Waals surface area contributed by atoms with Gasteiger partial charge < -0.3 is 10.1 Å². The fraction of sp³-hybridized carbons (Fsp3) is 0.533. The van der Waals surface area contributed by atoms with Gasteiger partial charge in [-0.25, -0.2) is 8.42 Å². The first-order valence-electron chi connectivity index (χ1n) is 7.39. The molecular formula is C15H23BrN2O4S. The van der Waals surface area contributed by atoms with Crippen LogP contribution in [0.3, 0.4) is 0 Å². The Morgan fingerprint density at radius 2 is 1.83 bits per heavy atom. The fourth-order valence-electron chi connectivity index (χ4n) is 1.72. The third-order valence-corrected chi connectivity index (χ3v) is 5.01. The Kier molecular flexibility index (Phi) is 8.18. The van der Waals surface area contributed by atoms with Crippen LogP contribution in [0, 0.1) is 0 Å². The third kappa shape index (κ3) is 7.43. The first kappa shape index (κ1) is 20.1. The van der Waals surface area contributed by atoms with Crippen LogP contribution in [0.2, 0.25) is 0 Å². The molecule has 1 atom stereocenters. The SMILES string of the molecule is CC(C)OCCCNC(=O)[C@@H](C)NS(=O)(=O)c1ccc(Br)cc1. The summed E-state index contributed by atoms with van der Waals surface area (Å²) in [6.07, 6.45) is 0.832. The molecular weight excluding hydrogens is 384 g/mol. The Hall–Kier alpha value is -0.960. The molecule has 2 N–H and O–H groups in total. The smallest absolute Gasteiger partial charge is 0.241 e. The van der Waals surface area contributed by atoms with Crippen LogP contribution in [0.25, 0.3) is 0 Å². The summed E-state index contributed by atoms with van der Waals surface area (Å²) in [5.41, 5.74) is 0. The summed E-state index contributed by atoms with van der Waals surface area (Å²) in [5.74, 6) is -0.366. The molecule has 1 aromatic rings. The van der Waals surface area contributed by atoms with E-state index in [9.17, 15) is 13.2 Å². The average molecular weight is 407 g/mol. The van der Waals surface area contributed by atoms with Crippen LogP contribution in [0.1, 0.15) is 27.2 Å². The lowest BCUT2D eigenvalue weighted by Gasteiger charge is -2.15. The number of carbonyl (C=O) groups is 1. The van der Waals surface area contributed by atoms with Crippen LogP contribution < -0.4 is 10.0 Å². The Labute approximate surface area is 146 Å². The molecule has 1 aromatic carbocycles. The number of rotatable bonds is 9. The second-order valence-corrected chi connectivity index (χ2v) is 7.99.